The summed E-state index contributed by atoms with van der Waals surface area (Å²) in [7, 11) is 0. The van der Waals surface area contributed by atoms with Gasteiger partial charge in [-0.3, -0.25) is 4.79 Å². The molecule has 0 spiro atoms. The maximum Gasteiger partial charge on any atom is 0.265 e. The molecular formula is C20H22N2O3S. The topological polar surface area (TPSA) is 64.4 Å². The Morgan fingerprint density at radius 2 is 1.96 bits per heavy atom. The predicted octanol–water partition coefficient (Wildman–Crippen LogP) is 5.45. The van der Waals surface area contributed by atoms with Crippen LogP contribution in [0.2, 0.25) is 0 Å². The number of ether oxygens (including phenoxy) is 1. The number of aromatic nitrogens is 1. The number of carbonyl (C=O) groups is 1. The smallest absolute Gasteiger partial charge is 0.265 e. The van der Waals surface area contributed by atoms with Crippen LogP contribution in [-0.2, 0) is 0 Å². The van der Waals surface area contributed by atoms with E-state index in [1.807, 2.05) is 50.2 Å². The van der Waals surface area contributed by atoms with Crippen LogP contribution in [0.25, 0.3) is 10.4 Å². The fourth-order valence-electron chi connectivity index (χ4n) is 2.59. The lowest BCUT2D eigenvalue weighted by molar-refractivity contribution is 0.103. The van der Waals surface area contributed by atoms with Crippen molar-refractivity contribution in [1.82, 2.24) is 5.16 Å². The Hall–Kier alpha value is -2.60. The molecule has 3 rings (SSSR count). The number of hydrogen-bond acceptors (Lipinski definition) is 5. The highest BCUT2D eigenvalue weighted by molar-refractivity contribution is 7.17. The van der Waals surface area contributed by atoms with E-state index in [-0.39, 0.29) is 5.91 Å². The molecule has 2 aromatic heterocycles. The summed E-state index contributed by atoms with van der Waals surface area (Å²) >= 11 is 1.43. The van der Waals surface area contributed by atoms with E-state index in [1.54, 1.807) is 0 Å². The van der Waals surface area contributed by atoms with Gasteiger partial charge in [-0.05, 0) is 56.7 Å². The van der Waals surface area contributed by atoms with Crippen LogP contribution in [0.15, 0.2) is 40.9 Å². The van der Waals surface area contributed by atoms with Crippen molar-refractivity contribution in [1.29, 1.82) is 0 Å². The molecule has 26 heavy (non-hydrogen) atoms. The number of nitrogens with one attached hydrogen (secondary N) is 1. The Labute approximate surface area is 157 Å². The molecule has 1 aromatic carbocycles. The van der Waals surface area contributed by atoms with Crippen LogP contribution in [0.3, 0.4) is 0 Å². The number of nitrogens with zero attached hydrogens (tertiary/aromatic N) is 1. The first kappa shape index (κ1) is 18.2. The Kier molecular flexibility index (Phi) is 5.73. The average Bonchev–Trinajstić information content (AvgIpc) is 3.23. The van der Waals surface area contributed by atoms with Gasteiger partial charge < -0.3 is 14.6 Å². The minimum atomic E-state index is -0.132. The first-order valence-corrected chi connectivity index (χ1v) is 9.47. The van der Waals surface area contributed by atoms with E-state index in [9.17, 15) is 4.79 Å². The third-order valence-corrected chi connectivity index (χ3v) is 5.09. The molecule has 1 N–H and O–H groups in total. The van der Waals surface area contributed by atoms with Gasteiger partial charge in [0.2, 0.25) is 0 Å². The first-order chi connectivity index (χ1) is 12.6. The van der Waals surface area contributed by atoms with E-state index in [4.69, 9.17) is 9.26 Å². The molecular weight excluding hydrogens is 348 g/mol. The third-order valence-electron chi connectivity index (χ3n) is 3.99. The van der Waals surface area contributed by atoms with Gasteiger partial charge >= 0.3 is 0 Å². The molecule has 0 aliphatic heterocycles. The van der Waals surface area contributed by atoms with Crippen LogP contribution < -0.4 is 10.1 Å². The van der Waals surface area contributed by atoms with Crippen LogP contribution in [0.1, 0.15) is 40.9 Å². The number of thiophene rings is 1. The third kappa shape index (κ3) is 4.14. The molecule has 0 aliphatic rings. The number of benzene rings is 1. The van der Waals surface area contributed by atoms with E-state index < -0.39 is 0 Å². The zero-order valence-electron chi connectivity index (χ0n) is 15.2. The molecule has 0 unspecified atom stereocenters. The van der Waals surface area contributed by atoms with Gasteiger partial charge in [0, 0.05) is 10.6 Å². The molecule has 3 aromatic rings. The van der Waals surface area contributed by atoms with Crippen LogP contribution in [0, 0.1) is 13.8 Å². The number of carbonyl (C=O) groups excluding carboxylic acids is 1. The van der Waals surface area contributed by atoms with Crippen molar-refractivity contribution in [3.8, 4) is 16.2 Å². The number of hydrogen-bond donors (Lipinski definition) is 1. The largest absolute Gasteiger partial charge is 0.494 e. The fraction of sp³-hybridized carbons (Fsp3) is 0.300. The van der Waals surface area contributed by atoms with Crippen molar-refractivity contribution in [2.24, 2.45) is 0 Å². The number of amides is 1. The summed E-state index contributed by atoms with van der Waals surface area (Å²) in [5, 5.41) is 6.89. The molecule has 0 aliphatic carbocycles. The second-order valence-electron chi connectivity index (χ2n) is 6.04. The molecule has 2 heterocycles. The molecule has 5 nitrogen and oxygen atoms in total. The number of aryl methyl sites for hydroxylation is 2. The fourth-order valence-corrected chi connectivity index (χ4v) is 3.64. The van der Waals surface area contributed by atoms with Gasteiger partial charge in [0.05, 0.1) is 22.7 Å². The second-order valence-corrected chi connectivity index (χ2v) is 7.13. The summed E-state index contributed by atoms with van der Waals surface area (Å²) in [5.41, 5.74) is 2.53. The highest BCUT2D eigenvalue weighted by atomic mass is 32.1. The van der Waals surface area contributed by atoms with Crippen molar-refractivity contribution >= 4 is 22.9 Å². The van der Waals surface area contributed by atoms with Crippen molar-refractivity contribution in [3.63, 3.8) is 0 Å². The van der Waals surface area contributed by atoms with E-state index in [0.29, 0.717) is 11.5 Å². The summed E-state index contributed by atoms with van der Waals surface area (Å²) in [6.45, 7) is 6.61. The van der Waals surface area contributed by atoms with E-state index in [1.165, 1.54) is 11.3 Å². The number of anilines is 1. The van der Waals surface area contributed by atoms with E-state index in [2.05, 4.69) is 17.4 Å². The van der Waals surface area contributed by atoms with Crippen molar-refractivity contribution in [2.45, 2.75) is 33.6 Å². The van der Waals surface area contributed by atoms with E-state index >= 15 is 0 Å². The summed E-state index contributed by atoms with van der Waals surface area (Å²) < 4.78 is 10.8. The molecule has 0 fully saturated rings. The second kappa shape index (κ2) is 8.19. The van der Waals surface area contributed by atoms with Gasteiger partial charge in [0.1, 0.15) is 11.5 Å². The molecule has 6 heteroatoms. The quantitative estimate of drug-likeness (QED) is 0.562. The van der Waals surface area contributed by atoms with Crippen molar-refractivity contribution in [3.05, 3.63) is 52.7 Å². The minimum absolute atomic E-state index is 0.132. The lowest BCUT2D eigenvalue weighted by Gasteiger charge is -2.07. The van der Waals surface area contributed by atoms with Crippen LogP contribution in [-0.4, -0.2) is 17.7 Å². The average molecular weight is 370 g/mol. The van der Waals surface area contributed by atoms with Gasteiger partial charge in [-0.15, -0.1) is 11.3 Å². The summed E-state index contributed by atoms with van der Waals surface area (Å²) in [6.07, 6.45) is 2.13. The zero-order valence-corrected chi connectivity index (χ0v) is 16.0. The molecule has 1 amide bonds. The van der Waals surface area contributed by atoms with Crippen LogP contribution in [0.4, 0.5) is 5.69 Å². The van der Waals surface area contributed by atoms with Crippen LogP contribution in [0.5, 0.6) is 5.75 Å². The Balaban J connectivity index is 1.65. The first-order valence-electron chi connectivity index (χ1n) is 8.65. The lowest BCUT2D eigenvalue weighted by Crippen LogP contribution is -2.09. The van der Waals surface area contributed by atoms with Gasteiger partial charge in [0.15, 0.2) is 0 Å². The Bertz CT molecular complexity index is 861. The minimum Gasteiger partial charge on any atom is -0.494 e. The highest BCUT2D eigenvalue weighted by Crippen LogP contribution is 2.33. The maximum absolute atomic E-state index is 12.5. The Morgan fingerprint density at radius 1 is 1.19 bits per heavy atom. The maximum atomic E-state index is 12.5. The van der Waals surface area contributed by atoms with Gasteiger partial charge in [-0.1, -0.05) is 18.5 Å². The van der Waals surface area contributed by atoms with E-state index in [0.717, 1.165) is 46.2 Å². The molecule has 0 saturated heterocycles. The van der Waals surface area contributed by atoms with Gasteiger partial charge in [0.25, 0.3) is 5.91 Å². The number of unbranched alkanes of at least 4 members (excludes halogenated alkanes) is 1. The predicted molar refractivity (Wildman–Crippen MR) is 104 cm³/mol. The lowest BCUT2D eigenvalue weighted by atomic mass is 10.2. The SMILES string of the molecule is CCCCOc1ccc(NC(=O)c2ccc(-c3c(C)noc3C)s2)cc1. The molecule has 0 radical (unpaired) electrons. The summed E-state index contributed by atoms with van der Waals surface area (Å²) in [6, 6.07) is 11.2. The normalized spacial score (nSPS) is 10.7. The highest BCUT2D eigenvalue weighted by Gasteiger charge is 2.16. The molecule has 0 bridgehead atoms. The zero-order chi connectivity index (χ0) is 18.5. The van der Waals surface area contributed by atoms with Gasteiger partial charge in [-0.25, -0.2) is 0 Å². The Morgan fingerprint density at radius 3 is 2.62 bits per heavy atom. The van der Waals surface area contributed by atoms with Crippen LogP contribution >= 0.6 is 11.3 Å². The van der Waals surface area contributed by atoms with Gasteiger partial charge in [-0.2, -0.15) is 0 Å². The van der Waals surface area contributed by atoms with Crippen molar-refractivity contribution in [2.75, 3.05) is 11.9 Å². The molecule has 0 atom stereocenters. The summed E-state index contributed by atoms with van der Waals surface area (Å²) in [5.74, 6) is 1.44. The number of rotatable bonds is 7. The molecule has 0 saturated carbocycles. The van der Waals surface area contributed by atoms with Crippen molar-refractivity contribution < 1.29 is 14.1 Å². The monoisotopic (exact) mass is 370 g/mol. The standard InChI is InChI=1S/C20H22N2O3S/c1-4-5-12-24-16-8-6-15(7-9-16)21-20(23)18-11-10-17(26-18)19-13(2)22-25-14(19)3/h6-11H,4-5,12H2,1-3H3,(H,21,23). The molecule has 136 valence electrons. The summed E-state index contributed by atoms with van der Waals surface area (Å²) in [4.78, 5) is 14.1.